The van der Waals surface area contributed by atoms with Gasteiger partial charge in [-0.1, -0.05) is 12.8 Å². The van der Waals surface area contributed by atoms with Crippen LogP contribution in [0.4, 0.5) is 5.69 Å². The summed E-state index contributed by atoms with van der Waals surface area (Å²) in [4.78, 5) is 10.2. The molecule has 1 saturated heterocycles. The Morgan fingerprint density at radius 2 is 1.63 bits per heavy atom. The third-order valence-electron chi connectivity index (χ3n) is 3.88. The number of hydrogen-bond donors (Lipinski definition) is 0. The molecular formula is C12H14N2O4S. The van der Waals surface area contributed by atoms with Crippen molar-refractivity contribution >= 4 is 15.7 Å². The number of nitro benzene ring substituents is 1. The van der Waals surface area contributed by atoms with Crippen LogP contribution in [0.15, 0.2) is 29.2 Å². The van der Waals surface area contributed by atoms with Crippen LogP contribution < -0.4 is 0 Å². The molecule has 0 N–H and O–H groups in total. The second kappa shape index (κ2) is 4.28. The van der Waals surface area contributed by atoms with Gasteiger partial charge in [-0.2, -0.15) is 4.31 Å². The maximum absolute atomic E-state index is 12.4. The van der Waals surface area contributed by atoms with E-state index in [0.717, 1.165) is 25.7 Å². The minimum absolute atomic E-state index is 0.0952. The second-order valence-electron chi connectivity index (χ2n) is 5.01. The summed E-state index contributed by atoms with van der Waals surface area (Å²) in [6, 6.07) is 5.40. The van der Waals surface area contributed by atoms with E-state index in [2.05, 4.69) is 0 Å². The van der Waals surface area contributed by atoms with E-state index in [1.807, 2.05) is 0 Å². The molecule has 19 heavy (non-hydrogen) atoms. The molecule has 1 heterocycles. The number of nitrogens with zero attached hydrogens (tertiary/aromatic N) is 2. The van der Waals surface area contributed by atoms with Crippen molar-refractivity contribution in [2.45, 2.75) is 42.7 Å². The fraction of sp³-hybridized carbons (Fsp3) is 0.500. The zero-order valence-corrected chi connectivity index (χ0v) is 11.0. The SMILES string of the molecule is O=[N+]([O-])c1ccc(S(=O)(=O)N2C3CCCCC32)cc1. The number of sulfonamides is 1. The third kappa shape index (κ3) is 2.02. The topological polar surface area (TPSA) is 80.3 Å². The van der Waals surface area contributed by atoms with Crippen molar-refractivity contribution in [2.24, 2.45) is 0 Å². The molecule has 7 heteroatoms. The summed E-state index contributed by atoms with van der Waals surface area (Å²) in [5, 5.41) is 10.6. The molecule has 0 radical (unpaired) electrons. The summed E-state index contributed by atoms with van der Waals surface area (Å²) >= 11 is 0. The molecule has 0 bridgehead atoms. The number of hydrogen-bond acceptors (Lipinski definition) is 4. The van der Waals surface area contributed by atoms with Gasteiger partial charge in [0, 0.05) is 24.2 Å². The highest BCUT2D eigenvalue weighted by Crippen LogP contribution is 2.44. The minimum atomic E-state index is -3.48. The molecule has 2 aliphatic rings. The van der Waals surface area contributed by atoms with E-state index in [-0.39, 0.29) is 22.7 Å². The average molecular weight is 282 g/mol. The highest BCUT2D eigenvalue weighted by molar-refractivity contribution is 7.89. The zero-order valence-electron chi connectivity index (χ0n) is 10.2. The summed E-state index contributed by atoms with van der Waals surface area (Å²) in [6.45, 7) is 0. The first-order valence-electron chi connectivity index (χ1n) is 6.30. The Bertz CT molecular complexity index is 599. The Morgan fingerprint density at radius 3 is 2.11 bits per heavy atom. The van der Waals surface area contributed by atoms with E-state index in [4.69, 9.17) is 0 Å². The molecule has 0 amide bonds. The molecule has 0 spiro atoms. The fourth-order valence-corrected chi connectivity index (χ4v) is 4.75. The van der Waals surface area contributed by atoms with Crippen LogP contribution in [-0.4, -0.2) is 29.7 Å². The van der Waals surface area contributed by atoms with Gasteiger partial charge in [-0.3, -0.25) is 10.1 Å². The molecular weight excluding hydrogens is 268 g/mol. The van der Waals surface area contributed by atoms with Crippen molar-refractivity contribution in [3.05, 3.63) is 34.4 Å². The van der Waals surface area contributed by atoms with E-state index in [1.165, 1.54) is 24.3 Å². The molecule has 1 aromatic rings. The van der Waals surface area contributed by atoms with Gasteiger partial charge in [0.1, 0.15) is 0 Å². The van der Waals surface area contributed by atoms with Gasteiger partial charge in [-0.05, 0) is 25.0 Å². The Balaban J connectivity index is 1.87. The van der Waals surface area contributed by atoms with Crippen molar-refractivity contribution in [1.29, 1.82) is 0 Å². The maximum atomic E-state index is 12.4. The molecule has 3 rings (SSSR count). The first kappa shape index (κ1) is 12.6. The van der Waals surface area contributed by atoms with E-state index < -0.39 is 14.9 Å². The molecule has 6 nitrogen and oxygen atoms in total. The minimum Gasteiger partial charge on any atom is -0.258 e. The number of rotatable bonds is 3. The first-order valence-corrected chi connectivity index (χ1v) is 7.74. The van der Waals surface area contributed by atoms with Crippen LogP contribution in [0, 0.1) is 10.1 Å². The largest absolute Gasteiger partial charge is 0.269 e. The second-order valence-corrected chi connectivity index (χ2v) is 6.85. The van der Waals surface area contributed by atoms with Crippen LogP contribution in [0.25, 0.3) is 0 Å². The molecule has 102 valence electrons. The number of nitro groups is 1. The van der Waals surface area contributed by atoms with E-state index in [1.54, 1.807) is 4.31 Å². The van der Waals surface area contributed by atoms with Crippen molar-refractivity contribution in [3.8, 4) is 0 Å². The predicted molar refractivity (Wildman–Crippen MR) is 68.2 cm³/mol. The van der Waals surface area contributed by atoms with Gasteiger partial charge < -0.3 is 0 Å². The van der Waals surface area contributed by atoms with Crippen molar-refractivity contribution in [1.82, 2.24) is 4.31 Å². The van der Waals surface area contributed by atoms with Gasteiger partial charge in [0.15, 0.2) is 0 Å². The third-order valence-corrected chi connectivity index (χ3v) is 5.85. The first-order chi connectivity index (χ1) is 9.01. The smallest absolute Gasteiger partial charge is 0.258 e. The van der Waals surface area contributed by atoms with Crippen LogP contribution >= 0.6 is 0 Å². The molecule has 1 aliphatic heterocycles. The summed E-state index contributed by atoms with van der Waals surface area (Å²) in [5.74, 6) is 0. The highest BCUT2D eigenvalue weighted by atomic mass is 32.2. The zero-order chi connectivity index (χ0) is 13.6. The van der Waals surface area contributed by atoms with Gasteiger partial charge in [0.05, 0.1) is 9.82 Å². The Kier molecular flexibility index (Phi) is 2.83. The molecule has 1 aromatic carbocycles. The van der Waals surface area contributed by atoms with Crippen LogP contribution in [0.1, 0.15) is 25.7 Å². The average Bonchev–Trinajstić information content (AvgIpc) is 3.13. The summed E-state index contributed by atoms with van der Waals surface area (Å²) < 4.78 is 26.4. The predicted octanol–water partition coefficient (Wildman–Crippen LogP) is 1.91. The monoisotopic (exact) mass is 282 g/mol. The number of fused-ring (bicyclic) bond motifs is 1. The van der Waals surface area contributed by atoms with Crippen LogP contribution in [-0.2, 0) is 10.0 Å². The van der Waals surface area contributed by atoms with Gasteiger partial charge in [0.2, 0.25) is 10.0 Å². The Labute approximate surface area is 111 Å². The molecule has 2 fully saturated rings. The summed E-state index contributed by atoms with van der Waals surface area (Å²) in [7, 11) is -3.48. The lowest BCUT2D eigenvalue weighted by molar-refractivity contribution is -0.384. The molecule has 0 aromatic heterocycles. The van der Waals surface area contributed by atoms with Gasteiger partial charge in [-0.25, -0.2) is 8.42 Å². The van der Waals surface area contributed by atoms with Gasteiger partial charge in [-0.15, -0.1) is 0 Å². The standard InChI is InChI=1S/C12H14N2O4S/c15-14(16)9-5-7-10(8-6-9)19(17,18)13-11-3-1-2-4-12(11)13/h5-8,11-12H,1-4H2. The van der Waals surface area contributed by atoms with Gasteiger partial charge >= 0.3 is 0 Å². The lowest BCUT2D eigenvalue weighted by Crippen LogP contribution is -2.15. The maximum Gasteiger partial charge on any atom is 0.269 e. The van der Waals surface area contributed by atoms with Crippen molar-refractivity contribution in [2.75, 3.05) is 0 Å². The normalized spacial score (nSPS) is 29.6. The van der Waals surface area contributed by atoms with E-state index in [9.17, 15) is 18.5 Å². The Hall–Kier alpha value is -1.47. The number of benzene rings is 1. The van der Waals surface area contributed by atoms with Crippen molar-refractivity contribution in [3.63, 3.8) is 0 Å². The quantitative estimate of drug-likeness (QED) is 0.482. The van der Waals surface area contributed by atoms with Crippen LogP contribution in [0.3, 0.4) is 0 Å². The van der Waals surface area contributed by atoms with Crippen LogP contribution in [0.5, 0.6) is 0 Å². The van der Waals surface area contributed by atoms with Crippen LogP contribution in [0.2, 0.25) is 0 Å². The molecule has 2 atom stereocenters. The highest BCUT2D eigenvalue weighted by Gasteiger charge is 2.55. The number of non-ortho nitro benzene ring substituents is 1. The van der Waals surface area contributed by atoms with E-state index in [0.29, 0.717) is 0 Å². The molecule has 2 unspecified atom stereocenters. The van der Waals surface area contributed by atoms with E-state index >= 15 is 0 Å². The lowest BCUT2D eigenvalue weighted by Gasteiger charge is -2.05. The van der Waals surface area contributed by atoms with Gasteiger partial charge in [0.25, 0.3) is 5.69 Å². The molecule has 1 saturated carbocycles. The lowest BCUT2D eigenvalue weighted by atomic mass is 10.0. The Morgan fingerprint density at radius 1 is 1.11 bits per heavy atom. The van der Waals surface area contributed by atoms with Crippen molar-refractivity contribution < 1.29 is 13.3 Å². The molecule has 1 aliphatic carbocycles. The summed E-state index contributed by atoms with van der Waals surface area (Å²) in [5.41, 5.74) is -0.0952. The fourth-order valence-electron chi connectivity index (χ4n) is 2.87. The summed E-state index contributed by atoms with van der Waals surface area (Å²) in [6.07, 6.45) is 4.01.